The zero-order valence-corrected chi connectivity index (χ0v) is 12.7. The van der Waals surface area contributed by atoms with Crippen LogP contribution in [-0.4, -0.2) is 22.0 Å². The minimum atomic E-state index is -0.411. The number of hydrazone groups is 1. The fraction of sp³-hybridized carbons (Fsp3) is 0.267. The van der Waals surface area contributed by atoms with E-state index in [1.165, 1.54) is 17.7 Å². The molecule has 0 atom stereocenters. The Morgan fingerprint density at radius 3 is 2.50 bits per heavy atom. The van der Waals surface area contributed by atoms with Gasteiger partial charge in [0.2, 0.25) is 0 Å². The zero-order chi connectivity index (χ0) is 16.1. The molecular formula is C15H18N4O3. The predicted octanol–water partition coefficient (Wildman–Crippen LogP) is 0.929. The highest BCUT2D eigenvalue weighted by molar-refractivity contribution is 5.80. The second kappa shape index (κ2) is 6.75. The number of ether oxygens (including phenoxy) is 1. The Balaban J connectivity index is 2.13. The summed E-state index contributed by atoms with van der Waals surface area (Å²) in [6.07, 6.45) is 1.59. The second-order valence-corrected chi connectivity index (χ2v) is 4.64. The molecule has 0 unspecified atom stereocenters. The van der Waals surface area contributed by atoms with Crippen molar-refractivity contribution < 1.29 is 4.74 Å². The molecule has 22 heavy (non-hydrogen) atoms. The minimum Gasteiger partial charge on any atom is -0.494 e. The van der Waals surface area contributed by atoms with E-state index in [0.717, 1.165) is 15.9 Å². The molecule has 0 bridgehead atoms. The van der Waals surface area contributed by atoms with E-state index in [1.807, 2.05) is 31.2 Å². The van der Waals surface area contributed by atoms with Gasteiger partial charge in [0.15, 0.2) is 0 Å². The monoisotopic (exact) mass is 302 g/mol. The first-order valence-electron chi connectivity index (χ1n) is 6.82. The fourth-order valence-corrected chi connectivity index (χ4v) is 1.83. The fourth-order valence-electron chi connectivity index (χ4n) is 1.83. The van der Waals surface area contributed by atoms with Gasteiger partial charge in [0, 0.05) is 20.2 Å². The Labute approximate surface area is 127 Å². The van der Waals surface area contributed by atoms with Gasteiger partial charge in [0.25, 0.3) is 5.56 Å². The van der Waals surface area contributed by atoms with Crippen LogP contribution in [0, 0.1) is 0 Å². The van der Waals surface area contributed by atoms with Crippen molar-refractivity contribution in [2.24, 2.45) is 19.2 Å². The molecular weight excluding hydrogens is 284 g/mol. The molecule has 2 rings (SSSR count). The number of nitrogens with one attached hydrogen (secondary N) is 1. The number of benzene rings is 1. The Kier molecular flexibility index (Phi) is 4.77. The van der Waals surface area contributed by atoms with Gasteiger partial charge in [-0.05, 0) is 36.8 Å². The van der Waals surface area contributed by atoms with Gasteiger partial charge >= 0.3 is 5.69 Å². The van der Waals surface area contributed by atoms with E-state index in [0.29, 0.717) is 12.4 Å². The Bertz CT molecular complexity index is 788. The molecule has 0 radical (unpaired) electrons. The van der Waals surface area contributed by atoms with Crippen LogP contribution in [0.2, 0.25) is 0 Å². The third-order valence-electron chi connectivity index (χ3n) is 3.11. The number of nitrogens with zero attached hydrogens (tertiary/aromatic N) is 3. The minimum absolute atomic E-state index is 0.329. The van der Waals surface area contributed by atoms with Crippen molar-refractivity contribution in [3.05, 3.63) is 56.7 Å². The normalized spacial score (nSPS) is 10.9. The van der Waals surface area contributed by atoms with Crippen molar-refractivity contribution in [1.82, 2.24) is 9.13 Å². The maximum atomic E-state index is 11.8. The van der Waals surface area contributed by atoms with E-state index in [9.17, 15) is 9.59 Å². The van der Waals surface area contributed by atoms with Crippen LogP contribution in [0.15, 0.2) is 45.0 Å². The number of hydrogen-bond donors (Lipinski definition) is 1. The standard InChI is InChI=1S/C15H18N4O3/c1-4-22-12-7-5-11(6-8-12)10-16-17-13-9-14(20)19(3)15(21)18(13)2/h5-10,17H,4H2,1-3H3/b16-10-. The molecule has 7 nitrogen and oxygen atoms in total. The maximum Gasteiger partial charge on any atom is 0.332 e. The summed E-state index contributed by atoms with van der Waals surface area (Å²) in [5.41, 5.74) is 2.77. The molecule has 0 saturated carbocycles. The third-order valence-corrected chi connectivity index (χ3v) is 3.11. The highest BCUT2D eigenvalue weighted by Gasteiger charge is 2.04. The van der Waals surface area contributed by atoms with E-state index in [-0.39, 0.29) is 5.56 Å². The number of hydrogen-bond acceptors (Lipinski definition) is 5. The third kappa shape index (κ3) is 3.43. The Hall–Kier alpha value is -2.83. The summed E-state index contributed by atoms with van der Waals surface area (Å²) in [5, 5.41) is 4.04. The summed E-state index contributed by atoms with van der Waals surface area (Å²) in [7, 11) is 2.99. The molecule has 0 spiro atoms. The van der Waals surface area contributed by atoms with Crippen molar-refractivity contribution in [2.75, 3.05) is 12.0 Å². The van der Waals surface area contributed by atoms with Crippen molar-refractivity contribution in [3.63, 3.8) is 0 Å². The van der Waals surface area contributed by atoms with Crippen LogP contribution >= 0.6 is 0 Å². The van der Waals surface area contributed by atoms with Crippen LogP contribution in [-0.2, 0) is 14.1 Å². The highest BCUT2D eigenvalue weighted by atomic mass is 16.5. The summed E-state index contributed by atoms with van der Waals surface area (Å²) < 4.78 is 7.70. The zero-order valence-electron chi connectivity index (χ0n) is 12.7. The SMILES string of the molecule is CCOc1ccc(/C=N\Nc2cc(=O)n(C)c(=O)n2C)cc1. The van der Waals surface area contributed by atoms with Crippen LogP contribution in [0.4, 0.5) is 5.82 Å². The van der Waals surface area contributed by atoms with Gasteiger partial charge < -0.3 is 4.74 Å². The molecule has 0 aliphatic heterocycles. The van der Waals surface area contributed by atoms with Crippen molar-refractivity contribution >= 4 is 12.0 Å². The average Bonchev–Trinajstić information content (AvgIpc) is 2.52. The predicted molar refractivity (Wildman–Crippen MR) is 85.8 cm³/mol. The lowest BCUT2D eigenvalue weighted by molar-refractivity contribution is 0.340. The molecule has 0 amide bonds. The van der Waals surface area contributed by atoms with E-state index < -0.39 is 5.69 Å². The molecule has 116 valence electrons. The van der Waals surface area contributed by atoms with Gasteiger partial charge in [0.05, 0.1) is 12.8 Å². The molecule has 1 heterocycles. The van der Waals surface area contributed by atoms with Crippen LogP contribution < -0.4 is 21.4 Å². The van der Waals surface area contributed by atoms with E-state index in [1.54, 1.807) is 13.3 Å². The first kappa shape index (κ1) is 15.6. The van der Waals surface area contributed by atoms with E-state index in [2.05, 4.69) is 10.5 Å². The molecule has 0 aliphatic rings. The molecule has 2 aromatic rings. The van der Waals surface area contributed by atoms with Crippen molar-refractivity contribution in [2.45, 2.75) is 6.92 Å². The van der Waals surface area contributed by atoms with E-state index in [4.69, 9.17) is 4.74 Å². The lowest BCUT2D eigenvalue weighted by Crippen LogP contribution is -2.37. The van der Waals surface area contributed by atoms with Gasteiger partial charge in [-0.25, -0.2) is 4.79 Å². The number of anilines is 1. The highest BCUT2D eigenvalue weighted by Crippen LogP contribution is 2.10. The number of aromatic nitrogens is 2. The van der Waals surface area contributed by atoms with Crippen LogP contribution in [0.3, 0.4) is 0 Å². The Morgan fingerprint density at radius 1 is 1.18 bits per heavy atom. The number of rotatable bonds is 5. The molecule has 1 aromatic carbocycles. The summed E-state index contributed by atoms with van der Waals surface area (Å²) in [4.78, 5) is 23.4. The molecule has 1 aromatic heterocycles. The van der Waals surface area contributed by atoms with Gasteiger partial charge in [-0.3, -0.25) is 19.4 Å². The lowest BCUT2D eigenvalue weighted by Gasteiger charge is -2.07. The molecule has 0 saturated heterocycles. The molecule has 1 N–H and O–H groups in total. The second-order valence-electron chi connectivity index (χ2n) is 4.64. The van der Waals surface area contributed by atoms with Gasteiger partial charge in [-0.15, -0.1) is 0 Å². The molecule has 0 fully saturated rings. The maximum absolute atomic E-state index is 11.8. The first-order chi connectivity index (χ1) is 10.5. The summed E-state index contributed by atoms with van der Waals surface area (Å²) >= 11 is 0. The summed E-state index contributed by atoms with van der Waals surface area (Å²) in [6, 6.07) is 8.73. The van der Waals surface area contributed by atoms with Gasteiger partial charge in [0.1, 0.15) is 11.6 Å². The van der Waals surface area contributed by atoms with Crippen molar-refractivity contribution in [1.29, 1.82) is 0 Å². The largest absolute Gasteiger partial charge is 0.494 e. The van der Waals surface area contributed by atoms with E-state index >= 15 is 0 Å². The summed E-state index contributed by atoms with van der Waals surface area (Å²) in [5.74, 6) is 1.12. The van der Waals surface area contributed by atoms with Gasteiger partial charge in [-0.1, -0.05) is 0 Å². The lowest BCUT2D eigenvalue weighted by atomic mass is 10.2. The topological polar surface area (TPSA) is 77.6 Å². The molecule has 7 heteroatoms. The quantitative estimate of drug-likeness (QED) is 0.658. The van der Waals surface area contributed by atoms with Gasteiger partial charge in [-0.2, -0.15) is 5.10 Å². The van der Waals surface area contributed by atoms with Crippen molar-refractivity contribution in [3.8, 4) is 5.75 Å². The van der Waals surface area contributed by atoms with Crippen LogP contribution in [0.1, 0.15) is 12.5 Å². The summed E-state index contributed by atoms with van der Waals surface area (Å²) in [6.45, 7) is 2.54. The Morgan fingerprint density at radius 2 is 1.86 bits per heavy atom. The smallest absolute Gasteiger partial charge is 0.332 e. The van der Waals surface area contributed by atoms with Crippen LogP contribution in [0.25, 0.3) is 0 Å². The molecule has 0 aliphatic carbocycles. The average molecular weight is 302 g/mol. The first-order valence-corrected chi connectivity index (χ1v) is 6.82. The van der Waals surface area contributed by atoms with Crippen LogP contribution in [0.5, 0.6) is 5.75 Å².